The lowest BCUT2D eigenvalue weighted by molar-refractivity contribution is -0.139. The Labute approximate surface area is 203 Å². The molecule has 1 unspecified atom stereocenters. The molecule has 7 nitrogen and oxygen atoms in total. The van der Waals surface area contributed by atoms with E-state index >= 15 is 0 Å². The largest absolute Gasteiger partial charge is 0.507 e. The standard InChI is InChI=1S/C28H27NO6/c1-3-35-23-17-19(12-13-22(23)30)25-24(26(31)20-10-7-11-21(16-20)34-2)27(32)28(33)29(25)15-14-18-8-5-4-6-9-18/h4-13,16-17,25,30-31H,3,14-15H2,1-2H3. The third-order valence-electron chi connectivity index (χ3n) is 5.97. The van der Waals surface area contributed by atoms with Crippen LogP contribution in [0.2, 0.25) is 0 Å². The Balaban J connectivity index is 1.83. The molecule has 3 aromatic carbocycles. The van der Waals surface area contributed by atoms with Gasteiger partial charge in [-0.3, -0.25) is 9.59 Å². The smallest absolute Gasteiger partial charge is 0.295 e. The molecule has 35 heavy (non-hydrogen) atoms. The number of ether oxygens (including phenoxy) is 2. The third kappa shape index (κ3) is 4.84. The van der Waals surface area contributed by atoms with E-state index in [-0.39, 0.29) is 29.4 Å². The number of aliphatic hydroxyl groups excluding tert-OH is 1. The van der Waals surface area contributed by atoms with E-state index in [9.17, 15) is 19.8 Å². The van der Waals surface area contributed by atoms with E-state index in [1.54, 1.807) is 43.3 Å². The van der Waals surface area contributed by atoms with Crippen LogP contribution < -0.4 is 9.47 Å². The first-order valence-electron chi connectivity index (χ1n) is 11.4. The van der Waals surface area contributed by atoms with Crippen molar-refractivity contribution in [3.63, 3.8) is 0 Å². The van der Waals surface area contributed by atoms with Crippen molar-refractivity contribution in [3.8, 4) is 17.2 Å². The molecular formula is C28H27NO6. The predicted molar refractivity (Wildman–Crippen MR) is 131 cm³/mol. The van der Waals surface area contributed by atoms with Crippen LogP contribution in [0.5, 0.6) is 17.2 Å². The molecule has 1 amide bonds. The minimum atomic E-state index is -0.857. The van der Waals surface area contributed by atoms with Gasteiger partial charge in [-0.1, -0.05) is 48.5 Å². The summed E-state index contributed by atoms with van der Waals surface area (Å²) in [5.74, 6) is -1.06. The third-order valence-corrected chi connectivity index (χ3v) is 5.97. The Kier molecular flexibility index (Phi) is 7.06. The lowest BCUT2D eigenvalue weighted by atomic mass is 9.94. The molecule has 0 spiro atoms. The summed E-state index contributed by atoms with van der Waals surface area (Å²) in [5, 5.41) is 21.4. The molecule has 1 fully saturated rings. The number of methoxy groups -OCH3 is 1. The number of carbonyl (C=O) groups is 2. The molecule has 180 valence electrons. The van der Waals surface area contributed by atoms with Crippen molar-refractivity contribution in [2.75, 3.05) is 20.3 Å². The normalized spacial score (nSPS) is 17.0. The number of amides is 1. The number of nitrogens with zero attached hydrogens (tertiary/aromatic N) is 1. The maximum Gasteiger partial charge on any atom is 0.295 e. The Morgan fingerprint density at radius 3 is 2.49 bits per heavy atom. The van der Waals surface area contributed by atoms with Gasteiger partial charge in [0.1, 0.15) is 11.5 Å². The van der Waals surface area contributed by atoms with E-state index in [4.69, 9.17) is 9.47 Å². The zero-order valence-electron chi connectivity index (χ0n) is 19.6. The molecule has 7 heteroatoms. The summed E-state index contributed by atoms with van der Waals surface area (Å²) in [6.45, 7) is 2.38. The number of phenols is 1. The maximum absolute atomic E-state index is 13.2. The van der Waals surface area contributed by atoms with Gasteiger partial charge in [0.25, 0.3) is 11.7 Å². The average Bonchev–Trinajstić information content (AvgIpc) is 3.14. The first-order chi connectivity index (χ1) is 16.9. The minimum Gasteiger partial charge on any atom is -0.507 e. The lowest BCUT2D eigenvalue weighted by Crippen LogP contribution is -2.31. The molecule has 1 aliphatic rings. The van der Waals surface area contributed by atoms with Crippen LogP contribution in [0.3, 0.4) is 0 Å². The van der Waals surface area contributed by atoms with Gasteiger partial charge in [-0.2, -0.15) is 0 Å². The van der Waals surface area contributed by atoms with Gasteiger partial charge in [-0.05, 0) is 48.7 Å². The number of carbonyl (C=O) groups excluding carboxylic acids is 2. The molecule has 1 saturated heterocycles. The predicted octanol–water partition coefficient (Wildman–Crippen LogP) is 4.46. The summed E-state index contributed by atoms with van der Waals surface area (Å²) >= 11 is 0. The molecule has 0 bridgehead atoms. The fraction of sp³-hybridized carbons (Fsp3) is 0.214. The molecule has 2 N–H and O–H groups in total. The number of phenolic OH excluding ortho intramolecular Hbond substituents is 1. The van der Waals surface area contributed by atoms with Gasteiger partial charge < -0.3 is 24.6 Å². The van der Waals surface area contributed by atoms with E-state index in [1.807, 2.05) is 30.3 Å². The average molecular weight is 474 g/mol. The van der Waals surface area contributed by atoms with Gasteiger partial charge in [-0.25, -0.2) is 0 Å². The number of aliphatic hydroxyl groups is 1. The molecule has 0 saturated carbocycles. The van der Waals surface area contributed by atoms with Crippen molar-refractivity contribution < 1.29 is 29.3 Å². The zero-order chi connectivity index (χ0) is 24.9. The van der Waals surface area contributed by atoms with Gasteiger partial charge in [0.15, 0.2) is 11.5 Å². The van der Waals surface area contributed by atoms with Crippen molar-refractivity contribution in [3.05, 3.63) is 95.1 Å². The fourth-order valence-electron chi connectivity index (χ4n) is 4.25. The summed E-state index contributed by atoms with van der Waals surface area (Å²) < 4.78 is 10.8. The number of hydrogen-bond acceptors (Lipinski definition) is 6. The fourth-order valence-corrected chi connectivity index (χ4v) is 4.25. The highest BCUT2D eigenvalue weighted by Crippen LogP contribution is 2.42. The molecule has 0 aliphatic carbocycles. The van der Waals surface area contributed by atoms with Crippen LogP contribution in [-0.4, -0.2) is 47.1 Å². The number of rotatable bonds is 8. The Hall–Kier alpha value is -4.26. The highest BCUT2D eigenvalue weighted by Gasteiger charge is 2.46. The summed E-state index contributed by atoms with van der Waals surface area (Å²) in [4.78, 5) is 27.9. The Bertz CT molecular complexity index is 1270. The van der Waals surface area contributed by atoms with Crippen LogP contribution >= 0.6 is 0 Å². The van der Waals surface area contributed by atoms with Crippen LogP contribution in [0, 0.1) is 0 Å². The molecule has 1 heterocycles. The second kappa shape index (κ2) is 10.3. The van der Waals surface area contributed by atoms with E-state index in [0.717, 1.165) is 5.56 Å². The molecular weight excluding hydrogens is 446 g/mol. The molecule has 1 atom stereocenters. The van der Waals surface area contributed by atoms with E-state index < -0.39 is 17.7 Å². The molecule has 0 aromatic heterocycles. The monoisotopic (exact) mass is 473 g/mol. The van der Waals surface area contributed by atoms with Crippen LogP contribution in [0.4, 0.5) is 0 Å². The van der Waals surface area contributed by atoms with Crippen LogP contribution in [-0.2, 0) is 16.0 Å². The van der Waals surface area contributed by atoms with Gasteiger partial charge in [-0.15, -0.1) is 0 Å². The SMILES string of the molecule is CCOc1cc(C2C(=C(O)c3cccc(OC)c3)C(=O)C(=O)N2CCc2ccccc2)ccc1O. The van der Waals surface area contributed by atoms with Gasteiger partial charge in [0.05, 0.1) is 25.3 Å². The van der Waals surface area contributed by atoms with Gasteiger partial charge in [0.2, 0.25) is 0 Å². The van der Waals surface area contributed by atoms with Crippen molar-refractivity contribution in [1.82, 2.24) is 4.90 Å². The lowest BCUT2D eigenvalue weighted by Gasteiger charge is -2.26. The minimum absolute atomic E-state index is 0.0237. The zero-order valence-corrected chi connectivity index (χ0v) is 19.6. The summed E-state index contributed by atoms with van der Waals surface area (Å²) in [7, 11) is 1.51. The first-order valence-corrected chi connectivity index (χ1v) is 11.4. The Morgan fingerprint density at radius 2 is 1.77 bits per heavy atom. The number of hydrogen-bond donors (Lipinski definition) is 2. The van der Waals surface area contributed by atoms with Gasteiger partial charge in [0, 0.05) is 12.1 Å². The van der Waals surface area contributed by atoms with Crippen LogP contribution in [0.1, 0.15) is 29.7 Å². The first kappa shape index (κ1) is 23.9. The number of ketones is 1. The number of aromatic hydroxyl groups is 1. The highest BCUT2D eigenvalue weighted by molar-refractivity contribution is 6.46. The summed E-state index contributed by atoms with van der Waals surface area (Å²) in [6, 6.07) is 20.2. The topological polar surface area (TPSA) is 96.3 Å². The van der Waals surface area contributed by atoms with Crippen LogP contribution in [0.15, 0.2) is 78.4 Å². The van der Waals surface area contributed by atoms with Crippen LogP contribution in [0.25, 0.3) is 5.76 Å². The maximum atomic E-state index is 13.2. The highest BCUT2D eigenvalue weighted by atomic mass is 16.5. The molecule has 3 aromatic rings. The van der Waals surface area contributed by atoms with E-state index in [1.165, 1.54) is 18.1 Å². The summed E-state index contributed by atoms with van der Waals surface area (Å²) in [6.07, 6.45) is 0.528. The number of likely N-dealkylation sites (tertiary alicyclic amines) is 1. The number of Topliss-reactive ketones (excluding diaryl/α,β-unsaturated/α-hetero) is 1. The van der Waals surface area contributed by atoms with Crippen molar-refractivity contribution in [2.45, 2.75) is 19.4 Å². The second-order valence-electron chi connectivity index (χ2n) is 8.12. The van der Waals surface area contributed by atoms with E-state index in [0.29, 0.717) is 29.9 Å². The summed E-state index contributed by atoms with van der Waals surface area (Å²) in [5.41, 5.74) is 1.90. The second-order valence-corrected chi connectivity index (χ2v) is 8.12. The van der Waals surface area contributed by atoms with Crippen molar-refractivity contribution in [1.29, 1.82) is 0 Å². The molecule has 0 radical (unpaired) electrons. The number of benzene rings is 3. The van der Waals surface area contributed by atoms with Crippen molar-refractivity contribution >= 4 is 17.4 Å². The Morgan fingerprint density at radius 1 is 1.00 bits per heavy atom. The van der Waals surface area contributed by atoms with Crippen molar-refractivity contribution in [2.24, 2.45) is 0 Å². The van der Waals surface area contributed by atoms with E-state index in [2.05, 4.69) is 0 Å². The molecule has 4 rings (SSSR count). The van der Waals surface area contributed by atoms with Gasteiger partial charge >= 0.3 is 0 Å². The quantitative estimate of drug-likeness (QED) is 0.285. The molecule has 1 aliphatic heterocycles.